The van der Waals surface area contributed by atoms with Crippen molar-refractivity contribution in [3.63, 3.8) is 0 Å². The number of likely N-dealkylation sites (tertiary alicyclic amines) is 1. The minimum atomic E-state index is -0.750. The number of ether oxygens (including phenoxy) is 1. The molecule has 1 amide bonds. The van der Waals surface area contributed by atoms with Gasteiger partial charge in [-0.05, 0) is 50.0 Å². The van der Waals surface area contributed by atoms with Crippen LogP contribution in [0.4, 0.5) is 0 Å². The monoisotopic (exact) mass is 388 g/mol. The summed E-state index contributed by atoms with van der Waals surface area (Å²) >= 11 is 0. The molecule has 8 nitrogen and oxygen atoms in total. The summed E-state index contributed by atoms with van der Waals surface area (Å²) in [6, 6.07) is 8.36. The molecule has 28 heavy (non-hydrogen) atoms. The van der Waals surface area contributed by atoms with E-state index in [9.17, 15) is 4.79 Å². The van der Waals surface area contributed by atoms with Gasteiger partial charge >= 0.3 is 0 Å². The summed E-state index contributed by atoms with van der Waals surface area (Å²) in [5.74, 6) is -0.236. The van der Waals surface area contributed by atoms with E-state index in [1.807, 2.05) is 18.0 Å². The lowest BCUT2D eigenvalue weighted by Gasteiger charge is -2.35. The van der Waals surface area contributed by atoms with Gasteiger partial charge in [-0.15, -0.1) is 0 Å². The first kappa shape index (κ1) is 20.4. The fourth-order valence-corrected chi connectivity index (χ4v) is 3.71. The van der Waals surface area contributed by atoms with E-state index in [0.717, 1.165) is 18.7 Å². The van der Waals surface area contributed by atoms with Gasteiger partial charge in [0.25, 0.3) is 0 Å². The molecule has 0 saturated carbocycles. The van der Waals surface area contributed by atoms with Crippen LogP contribution in [0.25, 0.3) is 0 Å². The molecule has 154 valence electrons. The van der Waals surface area contributed by atoms with Crippen molar-refractivity contribution in [2.75, 3.05) is 33.3 Å². The SMILES string of the molecule is CN1C=NNC1(CC(N)=O)NCCCOc1cccc(CN2CCCCC2)c1. The number of nitrogens with two attached hydrogens (primary N) is 1. The summed E-state index contributed by atoms with van der Waals surface area (Å²) in [6.07, 6.45) is 6.52. The Morgan fingerprint density at radius 3 is 2.89 bits per heavy atom. The first-order valence-electron chi connectivity index (χ1n) is 10.1. The Balaban J connectivity index is 1.41. The predicted octanol–water partition coefficient (Wildman–Crippen LogP) is 1.04. The van der Waals surface area contributed by atoms with Crippen molar-refractivity contribution in [2.24, 2.45) is 10.8 Å². The molecule has 3 rings (SSSR count). The summed E-state index contributed by atoms with van der Waals surface area (Å²) in [6.45, 7) is 4.64. The maximum Gasteiger partial charge on any atom is 0.223 e. The van der Waals surface area contributed by atoms with Crippen LogP contribution in [0.5, 0.6) is 5.75 Å². The molecule has 1 aromatic carbocycles. The second-order valence-corrected chi connectivity index (χ2v) is 7.58. The van der Waals surface area contributed by atoms with E-state index >= 15 is 0 Å². The Labute approximate surface area is 167 Å². The highest BCUT2D eigenvalue weighted by Crippen LogP contribution is 2.18. The predicted molar refractivity (Wildman–Crippen MR) is 110 cm³/mol. The first-order valence-corrected chi connectivity index (χ1v) is 10.1. The van der Waals surface area contributed by atoms with Crippen LogP contribution >= 0.6 is 0 Å². The molecule has 0 aliphatic carbocycles. The Bertz CT molecular complexity index is 676. The van der Waals surface area contributed by atoms with Crippen LogP contribution in [-0.2, 0) is 11.3 Å². The molecule has 1 saturated heterocycles. The van der Waals surface area contributed by atoms with Crippen LogP contribution in [0.15, 0.2) is 29.4 Å². The van der Waals surface area contributed by atoms with Gasteiger partial charge in [0.1, 0.15) is 12.1 Å². The molecule has 2 aliphatic heterocycles. The Morgan fingerprint density at radius 1 is 1.36 bits per heavy atom. The van der Waals surface area contributed by atoms with E-state index in [2.05, 4.69) is 38.9 Å². The van der Waals surface area contributed by atoms with Crippen molar-refractivity contribution in [3.8, 4) is 5.75 Å². The Kier molecular flexibility index (Phi) is 7.11. The largest absolute Gasteiger partial charge is 0.494 e. The average Bonchev–Trinajstić information content (AvgIpc) is 3.02. The molecule has 2 heterocycles. The smallest absolute Gasteiger partial charge is 0.223 e. The summed E-state index contributed by atoms with van der Waals surface area (Å²) in [5.41, 5.74) is 9.62. The van der Waals surface area contributed by atoms with Crippen molar-refractivity contribution in [1.29, 1.82) is 0 Å². The fourth-order valence-electron chi connectivity index (χ4n) is 3.71. The second kappa shape index (κ2) is 9.75. The standard InChI is InChI=1S/C20H32N6O2/c1-25-16-23-24-20(25,14-19(21)27)22-9-6-12-28-18-8-5-7-17(13-18)15-26-10-3-2-4-11-26/h5,7-8,13,16,22,24H,2-4,6,9-12,14-15H2,1H3,(H2,21,27). The van der Waals surface area contributed by atoms with Gasteiger partial charge in [0.15, 0.2) is 5.79 Å². The van der Waals surface area contributed by atoms with Gasteiger partial charge < -0.3 is 15.4 Å². The van der Waals surface area contributed by atoms with Crippen LogP contribution in [0.1, 0.15) is 37.7 Å². The highest BCUT2D eigenvalue weighted by Gasteiger charge is 2.37. The number of piperidine rings is 1. The van der Waals surface area contributed by atoms with E-state index in [1.165, 1.54) is 37.9 Å². The molecular weight excluding hydrogens is 356 g/mol. The number of benzene rings is 1. The van der Waals surface area contributed by atoms with E-state index in [-0.39, 0.29) is 12.3 Å². The Morgan fingerprint density at radius 2 is 2.18 bits per heavy atom. The third-order valence-electron chi connectivity index (χ3n) is 5.27. The van der Waals surface area contributed by atoms with Gasteiger partial charge in [0, 0.05) is 20.1 Å². The number of hydrogen-bond donors (Lipinski definition) is 3. The number of carbonyl (C=O) groups excluding carboxylic acids is 1. The van der Waals surface area contributed by atoms with Crippen molar-refractivity contribution in [3.05, 3.63) is 29.8 Å². The van der Waals surface area contributed by atoms with E-state index in [0.29, 0.717) is 13.2 Å². The van der Waals surface area contributed by atoms with Gasteiger partial charge in [-0.2, -0.15) is 5.10 Å². The topological polar surface area (TPSA) is 95.2 Å². The molecular formula is C20H32N6O2. The maximum absolute atomic E-state index is 11.4. The molecule has 1 aromatic rings. The zero-order valence-corrected chi connectivity index (χ0v) is 16.7. The van der Waals surface area contributed by atoms with Crippen molar-refractivity contribution in [1.82, 2.24) is 20.5 Å². The van der Waals surface area contributed by atoms with Gasteiger partial charge in [-0.25, -0.2) is 0 Å². The van der Waals surface area contributed by atoms with Crippen LogP contribution in [0.2, 0.25) is 0 Å². The van der Waals surface area contributed by atoms with Gasteiger partial charge in [-0.1, -0.05) is 18.6 Å². The van der Waals surface area contributed by atoms with Crippen LogP contribution in [0, 0.1) is 0 Å². The van der Waals surface area contributed by atoms with E-state index in [4.69, 9.17) is 10.5 Å². The highest BCUT2D eigenvalue weighted by molar-refractivity contribution is 5.76. The number of primary amides is 1. The second-order valence-electron chi connectivity index (χ2n) is 7.58. The molecule has 8 heteroatoms. The van der Waals surface area contributed by atoms with Crippen molar-refractivity contribution in [2.45, 2.75) is 44.4 Å². The summed E-state index contributed by atoms with van der Waals surface area (Å²) in [5, 5.41) is 7.35. The van der Waals surface area contributed by atoms with Crippen LogP contribution in [0.3, 0.4) is 0 Å². The zero-order chi connectivity index (χ0) is 19.8. The lowest BCUT2D eigenvalue weighted by Crippen LogP contribution is -2.63. The van der Waals surface area contributed by atoms with Gasteiger partial charge in [-0.3, -0.25) is 20.4 Å². The van der Waals surface area contributed by atoms with E-state index < -0.39 is 5.79 Å². The third kappa shape index (κ3) is 5.59. The number of nitrogens with zero attached hydrogens (tertiary/aromatic N) is 3. The fraction of sp³-hybridized carbons (Fsp3) is 0.600. The number of rotatable bonds is 10. The summed E-state index contributed by atoms with van der Waals surface area (Å²) in [7, 11) is 1.85. The van der Waals surface area contributed by atoms with Crippen molar-refractivity contribution < 1.29 is 9.53 Å². The minimum Gasteiger partial charge on any atom is -0.494 e. The molecule has 1 unspecified atom stereocenters. The number of amides is 1. The molecule has 1 fully saturated rings. The first-order chi connectivity index (χ1) is 13.6. The number of hydrogen-bond acceptors (Lipinski definition) is 7. The Hall–Kier alpha value is -2.32. The van der Waals surface area contributed by atoms with Crippen molar-refractivity contribution >= 4 is 12.2 Å². The molecule has 0 bridgehead atoms. The maximum atomic E-state index is 11.4. The summed E-state index contributed by atoms with van der Waals surface area (Å²) < 4.78 is 5.93. The quantitative estimate of drug-likeness (QED) is 0.519. The number of nitrogens with one attached hydrogen (secondary N) is 2. The lowest BCUT2D eigenvalue weighted by atomic mass is 10.1. The third-order valence-corrected chi connectivity index (χ3v) is 5.27. The lowest BCUT2D eigenvalue weighted by molar-refractivity contribution is -0.121. The number of carbonyl (C=O) groups is 1. The van der Waals surface area contributed by atoms with Gasteiger partial charge in [0.2, 0.25) is 5.91 Å². The average molecular weight is 389 g/mol. The normalized spacial score (nSPS) is 22.2. The summed E-state index contributed by atoms with van der Waals surface area (Å²) in [4.78, 5) is 15.7. The molecule has 0 radical (unpaired) electrons. The van der Waals surface area contributed by atoms with Crippen LogP contribution in [-0.4, -0.2) is 61.1 Å². The highest BCUT2D eigenvalue weighted by atomic mass is 16.5. The molecule has 4 N–H and O–H groups in total. The molecule has 0 spiro atoms. The van der Waals surface area contributed by atoms with Crippen LogP contribution < -0.4 is 21.2 Å². The van der Waals surface area contributed by atoms with Gasteiger partial charge in [0.05, 0.1) is 13.0 Å². The molecule has 0 aromatic heterocycles. The number of hydrazone groups is 1. The zero-order valence-electron chi connectivity index (χ0n) is 16.7. The van der Waals surface area contributed by atoms with E-state index in [1.54, 1.807) is 6.34 Å². The molecule has 1 atom stereocenters. The molecule has 2 aliphatic rings. The minimum absolute atomic E-state index is 0.128.